The summed E-state index contributed by atoms with van der Waals surface area (Å²) < 4.78 is 0. The first kappa shape index (κ1) is 108. The molecule has 8 amide bonds. The molecule has 0 aromatic heterocycles. The van der Waals surface area contributed by atoms with Crippen LogP contribution in [0.1, 0.15) is 236 Å². The third-order valence-corrected chi connectivity index (χ3v) is 19.7. The Bertz CT molecular complexity index is 3400. The molecule has 670 valence electrons. The summed E-state index contributed by atoms with van der Waals surface area (Å²) in [6.45, 7) is 17.5. The molecule has 0 aliphatic heterocycles. The Kier molecular flexibility index (Phi) is 54.0. The van der Waals surface area contributed by atoms with Gasteiger partial charge in [0.15, 0.2) is 64.5 Å². The maximum atomic E-state index is 15.0. The molecule has 0 unspecified atom stereocenters. The van der Waals surface area contributed by atoms with E-state index in [1.807, 2.05) is 27.7 Å². The lowest BCUT2D eigenvalue weighted by Gasteiger charge is -2.27. The molecule has 40 heteroatoms. The number of primary amides is 1. The van der Waals surface area contributed by atoms with Crippen molar-refractivity contribution in [3.8, 4) is 0 Å². The number of ketones is 6. The third kappa shape index (κ3) is 48.9. The number of carbonyl (C=O) groups excluding carboxylic acids is 14. The number of rotatable bonds is 67. The van der Waals surface area contributed by atoms with E-state index >= 15 is 9.59 Å². The van der Waals surface area contributed by atoms with E-state index in [4.69, 9.17) is 68.8 Å². The molecule has 0 saturated heterocycles. The summed E-state index contributed by atoms with van der Waals surface area (Å²) in [6, 6.07) is -8.55. The summed E-state index contributed by atoms with van der Waals surface area (Å²) in [7, 11) is 0. The van der Waals surface area contributed by atoms with Crippen LogP contribution in [0.3, 0.4) is 0 Å². The Morgan fingerprint density at radius 3 is 1.01 bits per heavy atom. The second-order valence-corrected chi connectivity index (χ2v) is 31.7. The first-order valence-electron chi connectivity index (χ1n) is 41.0. The van der Waals surface area contributed by atoms with Crippen LogP contribution < -0.4 is 106 Å². The van der Waals surface area contributed by atoms with Gasteiger partial charge in [-0.05, 0) is 146 Å². The fraction of sp³-hybridized carbons (Fsp3) is 0.744. The molecular formula is C78H142N24O16. The molecule has 0 aliphatic rings. The number of hydrogen-bond donors (Lipinski definition) is 20. The molecule has 0 aliphatic carbocycles. The van der Waals surface area contributed by atoms with Crippen molar-refractivity contribution in [1.82, 2.24) is 37.2 Å². The number of nitrogens with two attached hydrogens (primary N) is 12. The molecule has 0 heterocycles. The first-order valence-corrected chi connectivity index (χ1v) is 41.0. The summed E-state index contributed by atoms with van der Waals surface area (Å²) in [5.41, 5.74) is 67.5. The number of aliphatic carboxylic acids is 1. The zero-order valence-corrected chi connectivity index (χ0v) is 71.1. The fourth-order valence-electron chi connectivity index (χ4n) is 13.2. The molecule has 40 nitrogen and oxygen atoms in total. The number of amides is 8. The topological polar surface area (TPSA) is 735 Å². The van der Waals surface area contributed by atoms with E-state index in [1.165, 1.54) is 13.8 Å². The van der Waals surface area contributed by atoms with Crippen LogP contribution in [-0.2, 0) is 71.9 Å². The van der Waals surface area contributed by atoms with Gasteiger partial charge in [-0.15, -0.1) is 0 Å². The smallest absolute Gasteiger partial charge is 0.303 e. The molecule has 13 atom stereocenters. The van der Waals surface area contributed by atoms with E-state index in [2.05, 4.69) is 62.2 Å². The number of carboxylic acids is 1. The Labute approximate surface area is 693 Å². The van der Waals surface area contributed by atoms with Gasteiger partial charge >= 0.3 is 5.97 Å². The van der Waals surface area contributed by atoms with Crippen molar-refractivity contribution in [2.45, 2.75) is 278 Å². The van der Waals surface area contributed by atoms with Crippen LogP contribution in [0.25, 0.3) is 0 Å². The predicted molar refractivity (Wildman–Crippen MR) is 451 cm³/mol. The van der Waals surface area contributed by atoms with Crippen LogP contribution in [0.15, 0.2) is 25.0 Å². The SMILES string of the molecule is CC[C@H](C)[C@H](CC(=O)[C@H](CCCN=C(N)N)NC(C)=O)C(=O)N[C@@H](CCC(=O)O)C(=O)CCC(=O)N[C@@H](CC(C)C)C(=O)C[C@@H](CCCN=C(N)N)C(=O)N[C@@H](CCCCN)C(=O)C[C@@H](CCCN=C(N)N)C(=O)N[C@@H](CCCN=C(N)N)C(=O)C[C@@H](CCCN=C(N)N)C(=O)N[C@@H](CC(C)C)C(=O)C[C@@H](CC(C)C)C(=O)N[C@@H](C)C(N)=O. The average molecular weight is 1670 g/mol. The second-order valence-electron chi connectivity index (χ2n) is 31.7. The molecule has 0 rings (SSSR count). The van der Waals surface area contributed by atoms with E-state index in [0.29, 0.717) is 25.7 Å². The monoisotopic (exact) mass is 1670 g/mol. The van der Waals surface area contributed by atoms with Crippen molar-refractivity contribution in [1.29, 1.82) is 0 Å². The molecule has 118 heavy (non-hydrogen) atoms. The maximum Gasteiger partial charge on any atom is 0.303 e. The van der Waals surface area contributed by atoms with Gasteiger partial charge in [-0.1, -0.05) is 61.8 Å². The lowest BCUT2D eigenvalue weighted by Crippen LogP contribution is -2.49. The lowest BCUT2D eigenvalue weighted by atomic mass is 9.84. The molecule has 0 aromatic rings. The van der Waals surface area contributed by atoms with Gasteiger partial charge in [0, 0.05) is 121 Å². The van der Waals surface area contributed by atoms with Gasteiger partial charge in [-0.3, -0.25) is 96.9 Å². The van der Waals surface area contributed by atoms with Crippen molar-refractivity contribution in [2.75, 3.05) is 39.3 Å². The lowest BCUT2D eigenvalue weighted by molar-refractivity contribution is -0.139. The highest BCUT2D eigenvalue weighted by Gasteiger charge is 2.38. The summed E-state index contributed by atoms with van der Waals surface area (Å²) in [5.74, 6) is -18.2. The Balaban J connectivity index is 7.60. The molecule has 32 N–H and O–H groups in total. The molecule has 0 radical (unpaired) electrons. The van der Waals surface area contributed by atoms with Gasteiger partial charge in [-0.25, -0.2) is 0 Å². The Hall–Kier alpha value is -10.4. The zero-order chi connectivity index (χ0) is 89.9. The predicted octanol–water partition coefficient (Wildman–Crippen LogP) is -1.42. The number of hydrogen-bond acceptors (Lipinski definition) is 21. The van der Waals surface area contributed by atoms with Gasteiger partial charge in [0.05, 0.1) is 36.3 Å². The highest BCUT2D eigenvalue weighted by Crippen LogP contribution is 2.27. The number of guanidine groups is 5. The number of carboxylic acid groups (broad SMARTS) is 1. The largest absolute Gasteiger partial charge is 0.481 e. The highest BCUT2D eigenvalue weighted by atomic mass is 16.4. The summed E-state index contributed by atoms with van der Waals surface area (Å²) in [6.07, 6.45) is -1.96. The molecule has 0 spiro atoms. The van der Waals surface area contributed by atoms with Crippen LogP contribution in [0, 0.1) is 53.3 Å². The molecule has 0 aromatic carbocycles. The second kappa shape index (κ2) is 59.3. The number of nitrogens with zero attached hydrogens (tertiary/aromatic N) is 5. The van der Waals surface area contributed by atoms with Crippen LogP contribution in [0.4, 0.5) is 0 Å². The third-order valence-electron chi connectivity index (χ3n) is 19.7. The van der Waals surface area contributed by atoms with Crippen molar-refractivity contribution >= 4 is 118 Å². The first-order chi connectivity index (χ1) is 55.3. The van der Waals surface area contributed by atoms with E-state index < -0.39 is 204 Å². The van der Waals surface area contributed by atoms with E-state index in [-0.39, 0.29) is 190 Å². The van der Waals surface area contributed by atoms with Crippen LogP contribution in [-0.4, -0.2) is 204 Å². The van der Waals surface area contributed by atoms with Crippen LogP contribution >= 0.6 is 0 Å². The maximum absolute atomic E-state index is 15.0. The van der Waals surface area contributed by atoms with E-state index in [0.717, 1.165) is 0 Å². The normalized spacial score (nSPS) is 14.5. The van der Waals surface area contributed by atoms with E-state index in [9.17, 15) is 67.4 Å². The Morgan fingerprint density at radius 1 is 0.331 bits per heavy atom. The van der Waals surface area contributed by atoms with Crippen molar-refractivity contribution in [2.24, 2.45) is 147 Å². The summed E-state index contributed by atoms with van der Waals surface area (Å²) in [5, 5.41) is 28.7. The fourth-order valence-corrected chi connectivity index (χ4v) is 13.2. The minimum Gasteiger partial charge on any atom is -0.481 e. The molecular weight excluding hydrogens is 1530 g/mol. The minimum absolute atomic E-state index is 0.00123. The highest BCUT2D eigenvalue weighted by molar-refractivity contribution is 6.00. The van der Waals surface area contributed by atoms with Crippen molar-refractivity contribution in [3.63, 3.8) is 0 Å². The summed E-state index contributed by atoms with van der Waals surface area (Å²) >= 11 is 0. The van der Waals surface area contributed by atoms with Crippen LogP contribution in [0.5, 0.6) is 0 Å². The Morgan fingerprint density at radius 2 is 0.653 bits per heavy atom. The molecule has 0 saturated carbocycles. The van der Waals surface area contributed by atoms with E-state index in [1.54, 1.807) is 27.7 Å². The number of unbranched alkanes of at least 4 members (excludes halogenated alkanes) is 1. The van der Waals surface area contributed by atoms with Crippen molar-refractivity contribution < 1.29 is 77.0 Å². The molecule has 0 fully saturated rings. The summed E-state index contributed by atoms with van der Waals surface area (Å²) in [4.78, 5) is 229. The number of Topliss-reactive ketones (excluding diaryl/α,β-unsaturated/α-hetero) is 6. The zero-order valence-electron chi connectivity index (χ0n) is 71.1. The van der Waals surface area contributed by atoms with Gasteiger partial charge in [0.25, 0.3) is 0 Å². The minimum atomic E-state index is -1.43. The number of aliphatic imine (C=N–C) groups is 5. The molecule has 0 bridgehead atoms. The van der Waals surface area contributed by atoms with Gasteiger partial charge in [0.2, 0.25) is 47.3 Å². The average Bonchev–Trinajstić information content (AvgIpc) is 0.859. The number of nitrogens with one attached hydrogen (secondary N) is 7. The van der Waals surface area contributed by atoms with Crippen molar-refractivity contribution in [3.05, 3.63) is 0 Å². The number of carbonyl (C=O) groups is 15. The van der Waals surface area contributed by atoms with Gasteiger partial charge in [-0.2, -0.15) is 0 Å². The van der Waals surface area contributed by atoms with Gasteiger partial charge < -0.3 is 111 Å². The standard InChI is InChI=1S/C78H142N24O16/c1-11-46(8)53(42-65(109)54(97-48(10)103)23-17-33-94-77(87)88)73(118)101-57(25-28-67(111)112)60(104)26-27-66(110)98-58(36-44(4)5)63(107)40-51(21-16-32-93-76(85)86)70(115)99-55(22-12-13-29-79)61(105)38-49(19-14-30-91-74(81)82)69(114)100-56(24-18-34-95-78(89)90)62(106)39-50(20-15-31-92-75(83)84)71(116)102-59(37-45(6)7)64(108)41-52(35-43(2)3)72(117)96-47(9)68(80)113/h43-47,49-59H,11-42,79H2,1-10H3,(H2,80,113)(H,96,117)(H,97,103)(H,98,110)(H,99,115)(H,100,114)(H,101,118)(H,102,116)(H,111,112)(H4,81,82,91)(H4,83,84,92)(H4,85,86,93)(H4,87,88,94)(H4,89,90,95)/t46-,47-,49+,50+,51+,52+,53-,54-,55-,56-,57-,58-,59-/m0/s1. The quantitative estimate of drug-likeness (QED) is 0.0189. The van der Waals surface area contributed by atoms with Gasteiger partial charge in [0.1, 0.15) is 6.04 Å². The van der Waals surface area contributed by atoms with Crippen LogP contribution in [0.2, 0.25) is 0 Å².